The molecule has 1 aromatic carbocycles. The van der Waals surface area contributed by atoms with Crippen molar-refractivity contribution in [1.29, 1.82) is 0 Å². The lowest BCUT2D eigenvalue weighted by Gasteiger charge is -2.22. The molecule has 0 aliphatic heterocycles. The van der Waals surface area contributed by atoms with Gasteiger partial charge >= 0.3 is 0 Å². The molecule has 0 aliphatic carbocycles. The van der Waals surface area contributed by atoms with Crippen molar-refractivity contribution in [3.63, 3.8) is 0 Å². The van der Waals surface area contributed by atoms with Crippen LogP contribution in [0.3, 0.4) is 0 Å². The van der Waals surface area contributed by atoms with Crippen molar-refractivity contribution in [2.75, 3.05) is 5.32 Å². The molecule has 1 amide bonds. The van der Waals surface area contributed by atoms with E-state index in [4.69, 9.17) is 18.0 Å². The van der Waals surface area contributed by atoms with Gasteiger partial charge in [-0.3, -0.25) is 4.79 Å². The van der Waals surface area contributed by atoms with E-state index in [9.17, 15) is 4.79 Å². The number of nitrogens with one attached hydrogen (secondary N) is 1. The van der Waals surface area contributed by atoms with Gasteiger partial charge in [0.2, 0.25) is 5.91 Å². The minimum Gasteiger partial charge on any atom is -0.392 e. The molecule has 1 aromatic rings. The monoisotopic (exact) mass is 378 g/mol. The minimum atomic E-state index is -0.885. The molecule has 92 valence electrons. The minimum absolute atomic E-state index is 0.165. The van der Waals surface area contributed by atoms with Crippen LogP contribution in [-0.2, 0) is 4.79 Å². The van der Waals surface area contributed by atoms with Gasteiger partial charge in [-0.2, -0.15) is 0 Å². The number of rotatable bonds is 3. The third kappa shape index (κ3) is 3.26. The highest BCUT2D eigenvalue weighted by Crippen LogP contribution is 2.32. The average Bonchev–Trinajstić information content (AvgIpc) is 2.23. The Morgan fingerprint density at radius 3 is 2.24 bits per heavy atom. The SMILES string of the molecule is CC(C)(C(=O)Nc1c(Br)cccc1Br)C(N)=S. The maximum atomic E-state index is 12.1. The van der Waals surface area contributed by atoms with E-state index in [1.807, 2.05) is 18.2 Å². The number of amides is 1. The molecule has 6 heteroatoms. The molecule has 3 N–H and O–H groups in total. The molecule has 0 saturated heterocycles. The number of hydrogen-bond donors (Lipinski definition) is 2. The van der Waals surface area contributed by atoms with Crippen molar-refractivity contribution < 1.29 is 4.79 Å². The third-order valence-corrected chi connectivity index (χ3v) is 4.22. The van der Waals surface area contributed by atoms with Crippen LogP contribution in [0.15, 0.2) is 27.1 Å². The van der Waals surface area contributed by atoms with Gasteiger partial charge in [0.25, 0.3) is 0 Å². The van der Waals surface area contributed by atoms with Gasteiger partial charge in [-0.05, 0) is 57.8 Å². The Hall–Kier alpha value is -0.460. The molecule has 0 bridgehead atoms. The first kappa shape index (κ1) is 14.6. The van der Waals surface area contributed by atoms with Crippen LogP contribution < -0.4 is 11.1 Å². The fraction of sp³-hybridized carbons (Fsp3) is 0.273. The smallest absolute Gasteiger partial charge is 0.236 e. The maximum Gasteiger partial charge on any atom is 0.236 e. The Labute approximate surface area is 122 Å². The van der Waals surface area contributed by atoms with Crippen molar-refractivity contribution in [3.8, 4) is 0 Å². The van der Waals surface area contributed by atoms with E-state index >= 15 is 0 Å². The van der Waals surface area contributed by atoms with E-state index in [-0.39, 0.29) is 10.9 Å². The predicted octanol–water partition coefficient (Wildman–Crippen LogP) is 3.46. The lowest BCUT2D eigenvalue weighted by Crippen LogP contribution is -2.41. The summed E-state index contributed by atoms with van der Waals surface area (Å²) < 4.78 is 1.58. The molecule has 0 heterocycles. The Morgan fingerprint density at radius 1 is 1.35 bits per heavy atom. The molecule has 1 rings (SSSR count). The first-order valence-electron chi connectivity index (χ1n) is 4.82. The van der Waals surface area contributed by atoms with Crippen LogP contribution in [-0.4, -0.2) is 10.9 Å². The van der Waals surface area contributed by atoms with Crippen LogP contribution in [0, 0.1) is 5.41 Å². The Morgan fingerprint density at radius 2 is 1.82 bits per heavy atom. The van der Waals surface area contributed by atoms with E-state index in [1.165, 1.54) is 0 Å². The summed E-state index contributed by atoms with van der Waals surface area (Å²) in [4.78, 5) is 12.2. The van der Waals surface area contributed by atoms with Gasteiger partial charge in [0.1, 0.15) is 0 Å². The van der Waals surface area contributed by atoms with Crippen molar-refractivity contribution in [2.24, 2.45) is 11.1 Å². The normalized spacial score (nSPS) is 11.1. The van der Waals surface area contributed by atoms with Crippen molar-refractivity contribution in [3.05, 3.63) is 27.1 Å². The first-order chi connectivity index (χ1) is 7.76. The van der Waals surface area contributed by atoms with Crippen molar-refractivity contribution in [2.45, 2.75) is 13.8 Å². The molecule has 0 saturated carbocycles. The van der Waals surface area contributed by atoms with E-state index in [2.05, 4.69) is 37.2 Å². The lowest BCUT2D eigenvalue weighted by molar-refractivity contribution is -0.121. The molecular weight excluding hydrogens is 368 g/mol. The van der Waals surface area contributed by atoms with Crippen LogP contribution >= 0.6 is 44.1 Å². The summed E-state index contributed by atoms with van der Waals surface area (Å²) >= 11 is 11.6. The largest absolute Gasteiger partial charge is 0.392 e. The molecule has 3 nitrogen and oxygen atoms in total. The second-order valence-corrected chi connectivity index (χ2v) is 6.19. The average molecular weight is 380 g/mol. The number of carbonyl (C=O) groups is 1. The van der Waals surface area contributed by atoms with Crippen LogP contribution in [0.2, 0.25) is 0 Å². The second-order valence-electron chi connectivity index (χ2n) is 4.04. The molecule has 0 atom stereocenters. The zero-order valence-corrected chi connectivity index (χ0v) is 13.4. The molecule has 0 fully saturated rings. The number of para-hydroxylation sites is 1. The lowest BCUT2D eigenvalue weighted by atomic mass is 9.92. The van der Waals surface area contributed by atoms with E-state index in [1.54, 1.807) is 13.8 Å². The topological polar surface area (TPSA) is 55.1 Å². The van der Waals surface area contributed by atoms with Gasteiger partial charge in [0.05, 0.1) is 16.1 Å². The van der Waals surface area contributed by atoms with Gasteiger partial charge in [-0.25, -0.2) is 0 Å². The first-order valence-corrected chi connectivity index (χ1v) is 6.81. The highest BCUT2D eigenvalue weighted by atomic mass is 79.9. The van der Waals surface area contributed by atoms with Crippen LogP contribution in [0.1, 0.15) is 13.8 Å². The quantitative estimate of drug-likeness (QED) is 0.790. The molecule has 0 aliphatic rings. The van der Waals surface area contributed by atoms with Gasteiger partial charge in [0, 0.05) is 8.95 Å². The summed E-state index contributed by atoms with van der Waals surface area (Å²) in [7, 11) is 0. The van der Waals surface area contributed by atoms with Crippen LogP contribution in [0.4, 0.5) is 5.69 Å². The Kier molecular flexibility index (Phi) is 4.69. The standard InChI is InChI=1S/C11H12Br2N2OS/c1-11(2,9(14)17)10(16)15-8-6(12)4-3-5-7(8)13/h3-5H,1-2H3,(H2,14,17)(H,15,16). The Bertz CT molecular complexity index is 454. The number of anilines is 1. The third-order valence-electron chi connectivity index (χ3n) is 2.38. The van der Waals surface area contributed by atoms with Crippen molar-refractivity contribution in [1.82, 2.24) is 0 Å². The van der Waals surface area contributed by atoms with Gasteiger partial charge in [0.15, 0.2) is 0 Å². The molecule has 0 aromatic heterocycles. The predicted molar refractivity (Wildman–Crippen MR) is 81.0 cm³/mol. The Balaban J connectivity index is 3.00. The number of nitrogens with two attached hydrogens (primary N) is 1. The molecule has 0 unspecified atom stereocenters. The summed E-state index contributed by atoms with van der Waals surface area (Å²) in [5, 5.41) is 2.80. The second kappa shape index (κ2) is 5.46. The highest BCUT2D eigenvalue weighted by Gasteiger charge is 2.31. The molecular formula is C11H12Br2N2OS. The maximum absolute atomic E-state index is 12.1. The molecule has 17 heavy (non-hydrogen) atoms. The fourth-order valence-corrected chi connectivity index (χ4v) is 2.29. The van der Waals surface area contributed by atoms with Gasteiger partial charge in [-0.1, -0.05) is 18.3 Å². The number of thiocarbonyl (C=S) groups is 1. The summed E-state index contributed by atoms with van der Waals surface area (Å²) in [6.45, 7) is 3.38. The molecule has 0 radical (unpaired) electrons. The van der Waals surface area contributed by atoms with Gasteiger partial charge < -0.3 is 11.1 Å². The van der Waals surface area contributed by atoms with E-state index < -0.39 is 5.41 Å². The number of hydrogen-bond acceptors (Lipinski definition) is 2. The van der Waals surface area contributed by atoms with E-state index in [0.717, 1.165) is 8.95 Å². The highest BCUT2D eigenvalue weighted by molar-refractivity contribution is 9.11. The van der Waals surface area contributed by atoms with Crippen LogP contribution in [0.5, 0.6) is 0 Å². The summed E-state index contributed by atoms with van der Waals surface area (Å²) in [6.07, 6.45) is 0. The number of benzene rings is 1. The van der Waals surface area contributed by atoms with Gasteiger partial charge in [-0.15, -0.1) is 0 Å². The van der Waals surface area contributed by atoms with E-state index in [0.29, 0.717) is 5.69 Å². The molecule has 0 spiro atoms. The number of halogens is 2. The summed E-state index contributed by atoms with van der Waals surface area (Å²) in [5.41, 5.74) is 5.33. The fourth-order valence-electron chi connectivity index (χ4n) is 0.999. The van der Waals surface area contributed by atoms with Crippen molar-refractivity contribution >= 4 is 60.7 Å². The summed E-state index contributed by atoms with van der Waals surface area (Å²) in [6, 6.07) is 5.55. The van der Waals surface area contributed by atoms with Crippen LogP contribution in [0.25, 0.3) is 0 Å². The zero-order valence-electron chi connectivity index (χ0n) is 9.38. The zero-order chi connectivity index (χ0) is 13.2. The summed E-state index contributed by atoms with van der Waals surface area (Å²) in [5.74, 6) is -0.238. The number of carbonyl (C=O) groups excluding carboxylic acids is 1.